The summed E-state index contributed by atoms with van der Waals surface area (Å²) in [6.07, 6.45) is 0.496. The molecule has 0 aliphatic carbocycles. The van der Waals surface area contributed by atoms with E-state index >= 15 is 0 Å². The molecule has 1 unspecified atom stereocenters. The second-order valence-electron chi connectivity index (χ2n) is 5.74. The van der Waals surface area contributed by atoms with E-state index in [2.05, 4.69) is 21.2 Å². The Morgan fingerprint density at radius 3 is 2.55 bits per heavy atom. The zero-order valence-electron chi connectivity index (χ0n) is 12.2. The minimum Gasteiger partial charge on any atom is -0.352 e. The molecule has 22 heavy (non-hydrogen) atoms. The molecule has 0 fully saturated rings. The molecule has 0 radical (unpaired) electrons. The Morgan fingerprint density at radius 1 is 1.05 bits per heavy atom. The zero-order valence-corrected chi connectivity index (χ0v) is 12.2. The van der Waals surface area contributed by atoms with Crippen LogP contribution < -0.4 is 16.1 Å². The molecule has 0 aromatic heterocycles. The second-order valence-corrected chi connectivity index (χ2v) is 5.74. The second kappa shape index (κ2) is 4.59. The van der Waals surface area contributed by atoms with E-state index in [0.29, 0.717) is 6.42 Å². The van der Waals surface area contributed by atoms with Crippen molar-refractivity contribution in [2.75, 3.05) is 10.6 Å². The first-order chi connectivity index (χ1) is 10.7. The number of carbonyl (C=O) groups excluding carboxylic acids is 1. The standard InChI is InChI=1S/C17H16N4O/c1-11-6-8-12(9-7-11)15-10-17(21-20-15)16(22)18-13-4-2-3-5-14(13)19-17/h2-9,19,21H,10H2,1H3,(H,18,22). The summed E-state index contributed by atoms with van der Waals surface area (Å²) < 4.78 is 0. The summed E-state index contributed by atoms with van der Waals surface area (Å²) in [5.41, 5.74) is 6.88. The Morgan fingerprint density at radius 2 is 1.77 bits per heavy atom. The quantitative estimate of drug-likeness (QED) is 0.756. The molecule has 1 spiro atoms. The number of nitrogens with zero attached hydrogens (tertiary/aromatic N) is 1. The number of fused-ring (bicyclic) bond motifs is 1. The fraction of sp³-hybridized carbons (Fsp3) is 0.176. The van der Waals surface area contributed by atoms with Crippen molar-refractivity contribution in [3.8, 4) is 0 Å². The van der Waals surface area contributed by atoms with Crippen molar-refractivity contribution in [3.63, 3.8) is 0 Å². The van der Waals surface area contributed by atoms with Crippen LogP contribution in [0.15, 0.2) is 53.6 Å². The lowest BCUT2D eigenvalue weighted by Crippen LogP contribution is -2.58. The molecular formula is C17H16N4O. The van der Waals surface area contributed by atoms with E-state index in [1.54, 1.807) is 0 Å². The first-order valence-electron chi connectivity index (χ1n) is 7.26. The Hall–Kier alpha value is -2.82. The van der Waals surface area contributed by atoms with Gasteiger partial charge in [-0.2, -0.15) is 5.10 Å². The highest BCUT2D eigenvalue weighted by atomic mass is 16.2. The summed E-state index contributed by atoms with van der Waals surface area (Å²) >= 11 is 0. The summed E-state index contributed by atoms with van der Waals surface area (Å²) in [5, 5.41) is 10.6. The summed E-state index contributed by atoms with van der Waals surface area (Å²) in [7, 11) is 0. The average Bonchev–Trinajstić information content (AvgIpc) is 2.94. The van der Waals surface area contributed by atoms with Crippen molar-refractivity contribution < 1.29 is 4.79 Å². The van der Waals surface area contributed by atoms with Crippen LogP contribution in [0.1, 0.15) is 17.5 Å². The van der Waals surface area contributed by atoms with Gasteiger partial charge in [-0.25, -0.2) is 0 Å². The van der Waals surface area contributed by atoms with Crippen molar-refractivity contribution in [2.24, 2.45) is 5.10 Å². The maximum absolute atomic E-state index is 12.5. The van der Waals surface area contributed by atoms with Gasteiger partial charge in [0.1, 0.15) is 0 Å². The van der Waals surface area contributed by atoms with Gasteiger partial charge in [-0.05, 0) is 24.6 Å². The minimum absolute atomic E-state index is 0.114. The first-order valence-corrected chi connectivity index (χ1v) is 7.26. The van der Waals surface area contributed by atoms with Crippen LogP contribution in [0.5, 0.6) is 0 Å². The first kappa shape index (κ1) is 12.9. The Labute approximate surface area is 128 Å². The third kappa shape index (κ3) is 1.94. The highest BCUT2D eigenvalue weighted by Gasteiger charge is 2.46. The van der Waals surface area contributed by atoms with Gasteiger partial charge >= 0.3 is 0 Å². The Balaban J connectivity index is 1.63. The molecule has 110 valence electrons. The zero-order chi connectivity index (χ0) is 15.2. The molecular weight excluding hydrogens is 276 g/mol. The van der Waals surface area contributed by atoms with E-state index in [1.165, 1.54) is 5.56 Å². The summed E-state index contributed by atoms with van der Waals surface area (Å²) in [6, 6.07) is 15.8. The maximum Gasteiger partial charge on any atom is 0.272 e. The number of hydrogen-bond acceptors (Lipinski definition) is 4. The van der Waals surface area contributed by atoms with Crippen molar-refractivity contribution in [3.05, 3.63) is 59.7 Å². The molecule has 5 nitrogen and oxygen atoms in total. The molecule has 2 aromatic rings. The lowest BCUT2D eigenvalue weighted by atomic mass is 9.96. The minimum atomic E-state index is -0.908. The topological polar surface area (TPSA) is 65.5 Å². The molecule has 3 N–H and O–H groups in total. The highest BCUT2D eigenvalue weighted by Crippen LogP contribution is 2.33. The molecule has 2 heterocycles. The van der Waals surface area contributed by atoms with Crippen LogP contribution in [0.2, 0.25) is 0 Å². The molecule has 0 saturated heterocycles. The van der Waals surface area contributed by atoms with Crippen LogP contribution in [0.3, 0.4) is 0 Å². The largest absolute Gasteiger partial charge is 0.352 e. The number of amides is 1. The number of aryl methyl sites for hydroxylation is 1. The van der Waals surface area contributed by atoms with Crippen LogP contribution in [-0.4, -0.2) is 17.3 Å². The van der Waals surface area contributed by atoms with Crippen molar-refractivity contribution in [1.82, 2.24) is 5.43 Å². The summed E-state index contributed by atoms with van der Waals surface area (Å²) in [4.78, 5) is 12.5. The third-order valence-electron chi connectivity index (χ3n) is 4.11. The average molecular weight is 292 g/mol. The van der Waals surface area contributed by atoms with Gasteiger partial charge in [-0.1, -0.05) is 42.0 Å². The van der Waals surface area contributed by atoms with Crippen LogP contribution in [0.25, 0.3) is 0 Å². The molecule has 1 atom stereocenters. The lowest BCUT2D eigenvalue weighted by Gasteiger charge is -2.34. The van der Waals surface area contributed by atoms with Gasteiger partial charge in [0.05, 0.1) is 17.1 Å². The van der Waals surface area contributed by atoms with Crippen LogP contribution in [-0.2, 0) is 4.79 Å². The van der Waals surface area contributed by atoms with Crippen molar-refractivity contribution >= 4 is 23.0 Å². The van der Waals surface area contributed by atoms with Crippen LogP contribution >= 0.6 is 0 Å². The van der Waals surface area contributed by atoms with Crippen LogP contribution in [0.4, 0.5) is 11.4 Å². The normalized spacial score (nSPS) is 22.4. The molecule has 0 bridgehead atoms. The highest BCUT2D eigenvalue weighted by molar-refractivity contribution is 6.12. The van der Waals surface area contributed by atoms with Gasteiger partial charge in [0.2, 0.25) is 5.66 Å². The van der Waals surface area contributed by atoms with E-state index in [9.17, 15) is 4.79 Å². The van der Waals surface area contributed by atoms with Gasteiger partial charge < -0.3 is 10.6 Å². The molecule has 2 aliphatic rings. The van der Waals surface area contributed by atoms with E-state index in [0.717, 1.165) is 22.6 Å². The molecule has 2 aliphatic heterocycles. The Kier molecular flexibility index (Phi) is 2.69. The molecule has 2 aromatic carbocycles. The van der Waals surface area contributed by atoms with Crippen LogP contribution in [0, 0.1) is 6.92 Å². The number of rotatable bonds is 1. The van der Waals surface area contributed by atoms with Crippen molar-refractivity contribution in [1.29, 1.82) is 0 Å². The van der Waals surface area contributed by atoms with Gasteiger partial charge in [-0.15, -0.1) is 0 Å². The number of hydrogen-bond donors (Lipinski definition) is 3. The SMILES string of the molecule is Cc1ccc(C2=NNC3(C2)Nc2ccccc2NC3=O)cc1. The molecule has 0 saturated carbocycles. The van der Waals surface area contributed by atoms with Crippen molar-refractivity contribution in [2.45, 2.75) is 19.0 Å². The number of carbonyl (C=O) groups is 1. The van der Waals surface area contributed by atoms with Gasteiger partial charge in [0.15, 0.2) is 0 Å². The van der Waals surface area contributed by atoms with Gasteiger partial charge in [-0.3, -0.25) is 10.2 Å². The predicted molar refractivity (Wildman–Crippen MR) is 86.9 cm³/mol. The summed E-state index contributed by atoms with van der Waals surface area (Å²) in [5.74, 6) is -0.114. The predicted octanol–water partition coefficient (Wildman–Crippen LogP) is 2.45. The van der Waals surface area contributed by atoms with E-state index in [-0.39, 0.29) is 5.91 Å². The Bertz CT molecular complexity index is 782. The van der Waals surface area contributed by atoms with Gasteiger partial charge in [0.25, 0.3) is 5.91 Å². The number of hydrazone groups is 1. The monoisotopic (exact) mass is 292 g/mol. The van der Waals surface area contributed by atoms with E-state index in [4.69, 9.17) is 0 Å². The number of para-hydroxylation sites is 2. The number of anilines is 2. The van der Waals surface area contributed by atoms with E-state index in [1.807, 2.05) is 55.5 Å². The maximum atomic E-state index is 12.5. The molecule has 1 amide bonds. The fourth-order valence-electron chi connectivity index (χ4n) is 2.83. The molecule has 4 rings (SSSR count). The smallest absolute Gasteiger partial charge is 0.272 e. The lowest BCUT2D eigenvalue weighted by molar-refractivity contribution is -0.121. The van der Waals surface area contributed by atoms with E-state index < -0.39 is 5.66 Å². The number of benzene rings is 2. The van der Waals surface area contributed by atoms with Gasteiger partial charge in [0, 0.05) is 6.42 Å². The number of nitrogens with one attached hydrogen (secondary N) is 3. The summed E-state index contributed by atoms with van der Waals surface area (Å²) in [6.45, 7) is 2.05. The third-order valence-corrected chi connectivity index (χ3v) is 4.11. The fourth-order valence-corrected chi connectivity index (χ4v) is 2.83. The molecule has 5 heteroatoms.